The zero-order valence-corrected chi connectivity index (χ0v) is 10.1. The molecule has 0 aromatic carbocycles. The van der Waals surface area contributed by atoms with Crippen molar-refractivity contribution in [2.24, 2.45) is 0 Å². The van der Waals surface area contributed by atoms with E-state index in [1.54, 1.807) is 0 Å². The second-order valence-electron chi connectivity index (χ2n) is 3.55. The van der Waals surface area contributed by atoms with E-state index in [4.69, 9.17) is 0 Å². The minimum Gasteiger partial charge on any atom is -0.337 e. The van der Waals surface area contributed by atoms with Crippen LogP contribution in [0.2, 0.25) is 0 Å². The molecule has 1 atom stereocenters. The second-order valence-corrected chi connectivity index (χ2v) is 4.92. The summed E-state index contributed by atoms with van der Waals surface area (Å²) in [5.74, 6) is 0.167. The molecule has 0 aromatic rings. The van der Waals surface area contributed by atoms with Crippen molar-refractivity contribution in [1.29, 1.82) is 0 Å². The van der Waals surface area contributed by atoms with E-state index in [1.807, 2.05) is 39.5 Å². The second kappa shape index (κ2) is 4.85. The van der Waals surface area contributed by atoms with Gasteiger partial charge < -0.3 is 4.90 Å². The fourth-order valence-corrected chi connectivity index (χ4v) is 1.55. The van der Waals surface area contributed by atoms with Gasteiger partial charge >= 0.3 is 0 Å². The van der Waals surface area contributed by atoms with Gasteiger partial charge in [-0.3, -0.25) is 4.79 Å². The molecule has 0 bridgehead atoms. The van der Waals surface area contributed by atoms with E-state index in [1.165, 1.54) is 0 Å². The van der Waals surface area contributed by atoms with Crippen LogP contribution < -0.4 is 0 Å². The van der Waals surface area contributed by atoms with Gasteiger partial charge in [-0.2, -0.15) is 0 Å². The van der Waals surface area contributed by atoms with E-state index in [-0.39, 0.29) is 22.8 Å². The van der Waals surface area contributed by atoms with Crippen molar-refractivity contribution in [3.05, 3.63) is 0 Å². The molecule has 1 unspecified atom stereocenters. The number of carbonyl (C=O) groups is 1. The van der Waals surface area contributed by atoms with Crippen molar-refractivity contribution < 1.29 is 4.79 Å². The van der Waals surface area contributed by atoms with Gasteiger partial charge in [0.05, 0.1) is 4.83 Å². The summed E-state index contributed by atoms with van der Waals surface area (Å²) in [6, 6.07) is 0.551. The van der Waals surface area contributed by atoms with Crippen LogP contribution in [0.25, 0.3) is 0 Å². The Morgan fingerprint density at radius 2 is 1.42 bits per heavy atom. The van der Waals surface area contributed by atoms with Crippen molar-refractivity contribution in [1.82, 2.24) is 4.90 Å². The fourth-order valence-electron chi connectivity index (χ4n) is 1.31. The third kappa shape index (κ3) is 3.13. The van der Waals surface area contributed by atoms with Crippen molar-refractivity contribution in [2.75, 3.05) is 0 Å². The molecule has 3 heteroatoms. The highest BCUT2D eigenvalue weighted by Crippen LogP contribution is 2.11. The zero-order valence-electron chi connectivity index (χ0n) is 8.47. The van der Waals surface area contributed by atoms with Crippen LogP contribution in [0.15, 0.2) is 0 Å². The Balaban J connectivity index is 4.41. The monoisotopic (exact) mass is 235 g/mol. The van der Waals surface area contributed by atoms with Gasteiger partial charge in [0.25, 0.3) is 0 Å². The van der Waals surface area contributed by atoms with Crippen LogP contribution >= 0.6 is 15.9 Å². The first kappa shape index (κ1) is 11.9. The topological polar surface area (TPSA) is 20.3 Å². The van der Waals surface area contributed by atoms with Crippen LogP contribution in [0.4, 0.5) is 0 Å². The average Bonchev–Trinajstić information content (AvgIpc) is 1.85. The molecule has 0 aliphatic rings. The Labute approximate surface area is 83.4 Å². The Hall–Kier alpha value is -0.0500. The molecule has 0 spiro atoms. The Morgan fingerprint density at radius 1 is 1.08 bits per heavy atom. The van der Waals surface area contributed by atoms with E-state index in [0.29, 0.717) is 0 Å². The average molecular weight is 236 g/mol. The number of carbonyl (C=O) groups excluding carboxylic acids is 1. The summed E-state index contributed by atoms with van der Waals surface area (Å²) in [6.07, 6.45) is 0. The largest absolute Gasteiger partial charge is 0.337 e. The summed E-state index contributed by atoms with van der Waals surface area (Å²) in [5, 5.41) is 0. The Morgan fingerprint density at radius 3 is 1.50 bits per heavy atom. The lowest BCUT2D eigenvalue weighted by Gasteiger charge is -2.31. The third-order valence-electron chi connectivity index (χ3n) is 1.71. The summed E-state index contributed by atoms with van der Waals surface area (Å²) in [7, 11) is 0. The predicted molar refractivity (Wildman–Crippen MR) is 55.5 cm³/mol. The predicted octanol–water partition coefficient (Wildman–Crippen LogP) is 2.42. The fraction of sp³-hybridized carbons (Fsp3) is 0.889. The standard InChI is InChI=1S/C9H18BrNO/c1-6(2)11(7(3)4)9(12)8(5)10/h6-8H,1-5H3. The summed E-state index contributed by atoms with van der Waals surface area (Å²) >= 11 is 3.29. The first-order valence-electron chi connectivity index (χ1n) is 4.34. The molecule has 0 rings (SSSR count). The quantitative estimate of drug-likeness (QED) is 0.689. The van der Waals surface area contributed by atoms with Gasteiger partial charge in [0.2, 0.25) is 5.91 Å². The molecule has 0 heterocycles. The maximum absolute atomic E-state index is 11.6. The molecule has 0 aliphatic carbocycles. The number of alkyl halides is 1. The number of hydrogen-bond donors (Lipinski definition) is 0. The van der Waals surface area contributed by atoms with Crippen LogP contribution in [-0.2, 0) is 4.79 Å². The minimum absolute atomic E-state index is 0.0812. The van der Waals surface area contributed by atoms with Crippen molar-refractivity contribution in [2.45, 2.75) is 51.5 Å². The molecule has 0 saturated carbocycles. The molecule has 0 saturated heterocycles. The first-order chi connectivity index (χ1) is 5.37. The lowest BCUT2D eigenvalue weighted by Crippen LogP contribution is -2.44. The smallest absolute Gasteiger partial charge is 0.236 e. The molecule has 0 radical (unpaired) electrons. The van der Waals surface area contributed by atoms with Crippen LogP contribution in [0.1, 0.15) is 34.6 Å². The van der Waals surface area contributed by atoms with Gasteiger partial charge in [0.15, 0.2) is 0 Å². The van der Waals surface area contributed by atoms with Gasteiger partial charge in [-0.1, -0.05) is 15.9 Å². The van der Waals surface area contributed by atoms with Crippen molar-refractivity contribution in [3.63, 3.8) is 0 Å². The van der Waals surface area contributed by atoms with Gasteiger partial charge in [-0.25, -0.2) is 0 Å². The molecular formula is C9H18BrNO. The molecule has 0 N–H and O–H groups in total. The van der Waals surface area contributed by atoms with Gasteiger partial charge in [0.1, 0.15) is 0 Å². The van der Waals surface area contributed by atoms with Gasteiger partial charge in [-0.05, 0) is 34.6 Å². The zero-order chi connectivity index (χ0) is 9.89. The molecule has 2 nitrogen and oxygen atoms in total. The molecule has 0 aromatic heterocycles. The van der Waals surface area contributed by atoms with Crippen LogP contribution in [0.5, 0.6) is 0 Å². The molecule has 0 fully saturated rings. The van der Waals surface area contributed by atoms with E-state index in [9.17, 15) is 4.79 Å². The highest BCUT2D eigenvalue weighted by molar-refractivity contribution is 9.10. The van der Waals surface area contributed by atoms with E-state index in [0.717, 1.165) is 0 Å². The van der Waals surface area contributed by atoms with Crippen LogP contribution in [0, 0.1) is 0 Å². The summed E-state index contributed by atoms with van der Waals surface area (Å²) in [6.45, 7) is 10.0. The lowest BCUT2D eigenvalue weighted by atomic mass is 10.2. The Bertz CT molecular complexity index is 147. The summed E-state index contributed by atoms with van der Waals surface area (Å²) in [4.78, 5) is 13.4. The molecule has 0 aliphatic heterocycles. The summed E-state index contributed by atoms with van der Waals surface area (Å²) in [5.41, 5.74) is 0. The highest BCUT2D eigenvalue weighted by Gasteiger charge is 2.22. The maximum atomic E-state index is 11.6. The van der Waals surface area contributed by atoms with E-state index in [2.05, 4.69) is 15.9 Å². The van der Waals surface area contributed by atoms with Crippen molar-refractivity contribution >= 4 is 21.8 Å². The maximum Gasteiger partial charge on any atom is 0.236 e. The number of rotatable bonds is 3. The van der Waals surface area contributed by atoms with Gasteiger partial charge in [-0.15, -0.1) is 0 Å². The SMILES string of the molecule is CC(Br)C(=O)N(C(C)C)C(C)C. The molecular weight excluding hydrogens is 218 g/mol. The summed E-state index contributed by atoms with van der Waals surface area (Å²) < 4.78 is 0. The number of nitrogens with zero attached hydrogens (tertiary/aromatic N) is 1. The third-order valence-corrected chi connectivity index (χ3v) is 2.10. The molecule has 12 heavy (non-hydrogen) atoms. The normalized spacial score (nSPS) is 13.7. The number of halogens is 1. The highest BCUT2D eigenvalue weighted by atomic mass is 79.9. The number of amides is 1. The minimum atomic E-state index is -0.0812. The molecule has 1 amide bonds. The Kier molecular flexibility index (Phi) is 4.83. The molecule has 72 valence electrons. The van der Waals surface area contributed by atoms with Gasteiger partial charge in [0, 0.05) is 12.1 Å². The first-order valence-corrected chi connectivity index (χ1v) is 5.25. The lowest BCUT2D eigenvalue weighted by molar-refractivity contribution is -0.133. The van der Waals surface area contributed by atoms with Crippen molar-refractivity contribution in [3.8, 4) is 0 Å². The number of hydrogen-bond acceptors (Lipinski definition) is 1. The van der Waals surface area contributed by atoms with Crippen LogP contribution in [0.3, 0.4) is 0 Å². The van der Waals surface area contributed by atoms with Crippen LogP contribution in [-0.4, -0.2) is 27.7 Å². The van der Waals surface area contributed by atoms with E-state index >= 15 is 0 Å². The van der Waals surface area contributed by atoms with E-state index < -0.39 is 0 Å².